The monoisotopic (exact) mass is 427 g/mol. The molecule has 0 aromatic heterocycles. The molecule has 1 amide bonds. The molecular weight excluding hydrogens is 398 g/mol. The van der Waals surface area contributed by atoms with Crippen molar-refractivity contribution in [1.82, 2.24) is 4.90 Å². The van der Waals surface area contributed by atoms with Crippen molar-refractivity contribution in [3.63, 3.8) is 0 Å². The second-order valence-corrected chi connectivity index (χ2v) is 7.68. The van der Waals surface area contributed by atoms with E-state index in [4.69, 9.17) is 9.47 Å². The summed E-state index contributed by atoms with van der Waals surface area (Å²) in [6.45, 7) is 6.35. The Labute approximate surface area is 182 Å². The predicted octanol–water partition coefficient (Wildman–Crippen LogP) is 4.63. The topological polar surface area (TPSA) is 93.9 Å². The molecule has 1 unspecified atom stereocenters. The Bertz CT molecular complexity index is 930. The van der Waals surface area contributed by atoms with Gasteiger partial charge in [-0.1, -0.05) is 18.6 Å². The number of nitro groups is 1. The molecule has 0 aliphatic carbocycles. The maximum Gasteiger partial charge on any atom is 0.286 e. The maximum atomic E-state index is 12.8. The zero-order chi connectivity index (χ0) is 22.4. The summed E-state index contributed by atoms with van der Waals surface area (Å²) in [6, 6.07) is 10.7. The highest BCUT2D eigenvalue weighted by Gasteiger charge is 2.25. The lowest BCUT2D eigenvalue weighted by Crippen LogP contribution is -2.36. The van der Waals surface area contributed by atoms with E-state index in [1.807, 2.05) is 24.3 Å². The van der Waals surface area contributed by atoms with E-state index in [9.17, 15) is 14.9 Å². The van der Waals surface area contributed by atoms with Gasteiger partial charge in [0.2, 0.25) is 0 Å². The van der Waals surface area contributed by atoms with Crippen molar-refractivity contribution in [2.75, 3.05) is 25.6 Å². The van der Waals surface area contributed by atoms with Gasteiger partial charge in [0.1, 0.15) is 5.56 Å². The third-order valence-corrected chi connectivity index (χ3v) is 5.56. The summed E-state index contributed by atoms with van der Waals surface area (Å²) in [5.41, 5.74) is 1.32. The van der Waals surface area contributed by atoms with Crippen LogP contribution in [0.25, 0.3) is 0 Å². The fraction of sp³-hybridized carbons (Fsp3) is 0.435. The van der Waals surface area contributed by atoms with Gasteiger partial charge in [0.15, 0.2) is 11.5 Å². The first-order valence-electron chi connectivity index (χ1n) is 10.6. The van der Waals surface area contributed by atoms with E-state index in [0.29, 0.717) is 18.3 Å². The molecular formula is C23H29N3O5. The standard InChI is InChI=1S/C23H29N3O5/c1-4-31-22-13-19(20(26(28)29)14-21(22)30-3)23(27)24-18-10-8-17(9-11-18)15-25-12-6-5-7-16(25)2/h8-11,13-14,16H,4-7,12,15H2,1-3H3,(H,24,27). The number of likely N-dealkylation sites (tertiary alicyclic amines) is 1. The number of nitrogens with one attached hydrogen (secondary N) is 1. The van der Waals surface area contributed by atoms with E-state index in [2.05, 4.69) is 17.1 Å². The van der Waals surface area contributed by atoms with Gasteiger partial charge in [-0.25, -0.2) is 0 Å². The Morgan fingerprint density at radius 1 is 1.23 bits per heavy atom. The zero-order valence-corrected chi connectivity index (χ0v) is 18.2. The van der Waals surface area contributed by atoms with Gasteiger partial charge in [-0.3, -0.25) is 19.8 Å². The first kappa shape index (κ1) is 22.6. The van der Waals surface area contributed by atoms with Crippen molar-refractivity contribution >= 4 is 17.3 Å². The van der Waals surface area contributed by atoms with Crippen LogP contribution in [0.5, 0.6) is 11.5 Å². The first-order chi connectivity index (χ1) is 14.9. The smallest absolute Gasteiger partial charge is 0.286 e. The number of anilines is 1. The summed E-state index contributed by atoms with van der Waals surface area (Å²) >= 11 is 0. The zero-order valence-electron chi connectivity index (χ0n) is 18.2. The normalized spacial score (nSPS) is 16.5. The SMILES string of the molecule is CCOc1cc(C(=O)Nc2ccc(CN3CCCCC3C)cc2)c([N+](=O)[O-])cc1OC. The van der Waals surface area contributed by atoms with E-state index in [1.54, 1.807) is 6.92 Å². The lowest BCUT2D eigenvalue weighted by molar-refractivity contribution is -0.385. The molecule has 31 heavy (non-hydrogen) atoms. The number of rotatable bonds is 8. The minimum absolute atomic E-state index is 0.0829. The minimum Gasteiger partial charge on any atom is -0.493 e. The van der Waals surface area contributed by atoms with Crippen LogP contribution in [0.1, 0.15) is 49.0 Å². The first-order valence-corrected chi connectivity index (χ1v) is 10.6. The molecule has 2 aromatic carbocycles. The highest BCUT2D eigenvalue weighted by molar-refractivity contribution is 6.07. The molecule has 166 valence electrons. The van der Waals surface area contributed by atoms with Gasteiger partial charge in [0.05, 0.1) is 24.7 Å². The molecule has 1 aliphatic rings. The molecule has 0 spiro atoms. The van der Waals surface area contributed by atoms with E-state index < -0.39 is 10.8 Å². The number of carbonyl (C=O) groups is 1. The number of piperidine rings is 1. The lowest BCUT2D eigenvalue weighted by atomic mass is 10.0. The molecule has 1 heterocycles. The molecule has 3 rings (SSSR count). The average Bonchev–Trinajstić information content (AvgIpc) is 2.76. The number of methoxy groups -OCH3 is 1. The highest BCUT2D eigenvalue weighted by atomic mass is 16.6. The molecule has 1 fully saturated rings. The van der Waals surface area contributed by atoms with Crippen LogP contribution in [0.4, 0.5) is 11.4 Å². The fourth-order valence-corrected chi connectivity index (χ4v) is 3.83. The quantitative estimate of drug-likeness (QED) is 0.488. The molecule has 8 nitrogen and oxygen atoms in total. The molecule has 1 atom stereocenters. The Balaban J connectivity index is 1.76. The predicted molar refractivity (Wildman–Crippen MR) is 119 cm³/mol. The number of nitrogens with zero attached hydrogens (tertiary/aromatic N) is 2. The second-order valence-electron chi connectivity index (χ2n) is 7.68. The molecule has 2 aromatic rings. The van der Waals surface area contributed by atoms with Crippen molar-refractivity contribution in [2.45, 2.75) is 45.7 Å². The molecule has 0 bridgehead atoms. The van der Waals surface area contributed by atoms with Crippen LogP contribution < -0.4 is 14.8 Å². The maximum absolute atomic E-state index is 12.8. The number of hydrogen-bond acceptors (Lipinski definition) is 6. The number of benzene rings is 2. The lowest BCUT2D eigenvalue weighted by Gasteiger charge is -2.33. The van der Waals surface area contributed by atoms with Crippen LogP contribution in [0, 0.1) is 10.1 Å². The molecule has 0 radical (unpaired) electrons. The third kappa shape index (κ3) is 5.52. The number of ether oxygens (including phenoxy) is 2. The van der Waals surface area contributed by atoms with Crippen LogP contribution in [0.2, 0.25) is 0 Å². The van der Waals surface area contributed by atoms with Crippen LogP contribution in [0.3, 0.4) is 0 Å². The van der Waals surface area contributed by atoms with Gasteiger partial charge in [-0.05, 0) is 50.9 Å². The van der Waals surface area contributed by atoms with Gasteiger partial charge >= 0.3 is 0 Å². The summed E-state index contributed by atoms with van der Waals surface area (Å²) in [6.07, 6.45) is 3.73. The number of amides is 1. The van der Waals surface area contributed by atoms with Crippen LogP contribution >= 0.6 is 0 Å². The number of nitro benzene ring substituents is 1. The van der Waals surface area contributed by atoms with Gasteiger partial charge < -0.3 is 14.8 Å². The van der Waals surface area contributed by atoms with Gasteiger partial charge in [-0.15, -0.1) is 0 Å². The van der Waals surface area contributed by atoms with Crippen molar-refractivity contribution in [3.05, 3.63) is 57.6 Å². The van der Waals surface area contributed by atoms with Gasteiger partial charge in [0, 0.05) is 24.3 Å². The fourth-order valence-electron chi connectivity index (χ4n) is 3.83. The summed E-state index contributed by atoms with van der Waals surface area (Å²) < 4.78 is 10.6. The Kier molecular flexibility index (Phi) is 7.46. The molecule has 1 aliphatic heterocycles. The summed E-state index contributed by atoms with van der Waals surface area (Å²) in [7, 11) is 1.40. The average molecular weight is 428 g/mol. The molecule has 0 saturated carbocycles. The summed E-state index contributed by atoms with van der Waals surface area (Å²) in [4.78, 5) is 26.2. The summed E-state index contributed by atoms with van der Waals surface area (Å²) in [5.74, 6) is -0.0825. The van der Waals surface area contributed by atoms with Gasteiger partial charge in [0.25, 0.3) is 11.6 Å². The Morgan fingerprint density at radius 3 is 2.58 bits per heavy atom. The molecule has 8 heteroatoms. The van der Waals surface area contributed by atoms with Crippen molar-refractivity contribution < 1.29 is 19.2 Å². The van der Waals surface area contributed by atoms with Crippen molar-refractivity contribution in [2.24, 2.45) is 0 Å². The molecule has 1 N–H and O–H groups in total. The largest absolute Gasteiger partial charge is 0.493 e. The third-order valence-electron chi connectivity index (χ3n) is 5.56. The summed E-state index contributed by atoms with van der Waals surface area (Å²) in [5, 5.41) is 14.2. The van der Waals surface area contributed by atoms with Crippen molar-refractivity contribution in [1.29, 1.82) is 0 Å². The van der Waals surface area contributed by atoms with Crippen LogP contribution in [-0.4, -0.2) is 42.0 Å². The number of carbonyl (C=O) groups excluding carboxylic acids is 1. The van der Waals surface area contributed by atoms with Crippen molar-refractivity contribution in [3.8, 4) is 11.5 Å². The van der Waals surface area contributed by atoms with Gasteiger partial charge in [-0.2, -0.15) is 0 Å². The Morgan fingerprint density at radius 2 is 1.97 bits per heavy atom. The highest BCUT2D eigenvalue weighted by Crippen LogP contribution is 2.35. The van der Waals surface area contributed by atoms with E-state index in [1.165, 1.54) is 44.1 Å². The van der Waals surface area contributed by atoms with Crippen LogP contribution in [0.15, 0.2) is 36.4 Å². The Hall–Kier alpha value is -3.13. The number of hydrogen-bond donors (Lipinski definition) is 1. The van der Waals surface area contributed by atoms with E-state index in [-0.39, 0.29) is 22.7 Å². The van der Waals surface area contributed by atoms with E-state index >= 15 is 0 Å². The minimum atomic E-state index is -0.601. The second kappa shape index (κ2) is 10.3. The van der Waals surface area contributed by atoms with Crippen LogP contribution in [-0.2, 0) is 6.54 Å². The molecule has 1 saturated heterocycles. The van der Waals surface area contributed by atoms with E-state index in [0.717, 1.165) is 13.1 Å².